The first-order valence-corrected chi connectivity index (χ1v) is 8.48. The molecule has 7 nitrogen and oxygen atoms in total. The summed E-state index contributed by atoms with van der Waals surface area (Å²) in [6, 6.07) is 3.10. The van der Waals surface area contributed by atoms with Gasteiger partial charge in [-0.2, -0.15) is 0 Å². The van der Waals surface area contributed by atoms with Crippen molar-refractivity contribution in [3.05, 3.63) is 35.9 Å². The molecular weight excluding hydrogens is 370 g/mol. The molecule has 4 N–H and O–H groups in total. The Morgan fingerprint density at radius 2 is 1.89 bits per heavy atom. The Morgan fingerprint density at radius 3 is 2.41 bits per heavy atom. The van der Waals surface area contributed by atoms with Crippen LogP contribution < -0.4 is 25.8 Å². The van der Waals surface area contributed by atoms with Gasteiger partial charge in [0.2, 0.25) is 11.8 Å². The zero-order valence-corrected chi connectivity index (χ0v) is 17.2. The van der Waals surface area contributed by atoms with Gasteiger partial charge in [-0.3, -0.25) is 9.59 Å². The summed E-state index contributed by atoms with van der Waals surface area (Å²) in [5, 5.41) is 5.30. The quantitative estimate of drug-likeness (QED) is 0.518. The highest BCUT2D eigenvalue weighted by atomic mass is 35.5. The fourth-order valence-corrected chi connectivity index (χ4v) is 2.37. The third-order valence-electron chi connectivity index (χ3n) is 3.91. The van der Waals surface area contributed by atoms with Crippen LogP contribution >= 0.6 is 12.4 Å². The lowest BCUT2D eigenvalue weighted by molar-refractivity contribution is -0.127. The number of nitrogens with two attached hydrogens (primary N) is 1. The van der Waals surface area contributed by atoms with Crippen molar-refractivity contribution in [1.29, 1.82) is 0 Å². The fourth-order valence-electron chi connectivity index (χ4n) is 2.37. The van der Waals surface area contributed by atoms with Gasteiger partial charge in [0.1, 0.15) is 0 Å². The van der Waals surface area contributed by atoms with E-state index in [1.54, 1.807) is 26.4 Å². The van der Waals surface area contributed by atoms with Crippen molar-refractivity contribution in [3.63, 3.8) is 0 Å². The summed E-state index contributed by atoms with van der Waals surface area (Å²) in [5.41, 5.74) is 7.52. The number of hydrogen-bond acceptors (Lipinski definition) is 5. The Morgan fingerprint density at radius 1 is 1.22 bits per heavy atom. The number of nitrogens with one attached hydrogen (secondary N) is 2. The molecule has 0 saturated carbocycles. The molecule has 0 aromatic heterocycles. The van der Waals surface area contributed by atoms with E-state index in [9.17, 15) is 9.59 Å². The number of ether oxygens (including phenoxy) is 2. The molecule has 1 atom stereocenters. The first-order valence-electron chi connectivity index (χ1n) is 8.48. The van der Waals surface area contributed by atoms with Gasteiger partial charge in [-0.05, 0) is 30.0 Å². The summed E-state index contributed by atoms with van der Waals surface area (Å²) in [6.07, 6.45) is 2.39. The summed E-state index contributed by atoms with van der Waals surface area (Å²) in [7, 11) is 3.14. The molecule has 2 amide bonds. The Labute approximate surface area is 167 Å². The van der Waals surface area contributed by atoms with Gasteiger partial charge < -0.3 is 25.8 Å². The van der Waals surface area contributed by atoms with E-state index < -0.39 is 6.04 Å². The molecule has 0 saturated heterocycles. The van der Waals surface area contributed by atoms with Crippen molar-refractivity contribution in [2.24, 2.45) is 11.7 Å². The standard InChI is InChI=1S/C19H29N3O4.ClH/c1-6-7-14-8-13(9-15(25-4)18(14)26-5)10-21-16(23)11-22-19(24)17(20)12(2)3;/h6,8-9,12,17H,1,7,10-11,20H2,2-5H3,(H,21,23)(H,22,24);1H/t17-;/m0./s1. The van der Waals surface area contributed by atoms with E-state index in [0.717, 1.165) is 11.1 Å². The Bertz CT molecular complexity index is 650. The van der Waals surface area contributed by atoms with Crippen molar-refractivity contribution in [3.8, 4) is 11.5 Å². The summed E-state index contributed by atoms with van der Waals surface area (Å²) in [5.74, 6) is 0.613. The summed E-state index contributed by atoms with van der Waals surface area (Å²) in [6.45, 7) is 7.62. The highest BCUT2D eigenvalue weighted by Gasteiger charge is 2.17. The number of allylic oxidation sites excluding steroid dienone is 1. The van der Waals surface area contributed by atoms with Crippen LogP contribution in [0, 0.1) is 5.92 Å². The van der Waals surface area contributed by atoms with Crippen LogP contribution in [0.1, 0.15) is 25.0 Å². The molecule has 152 valence electrons. The van der Waals surface area contributed by atoms with Gasteiger partial charge in [-0.15, -0.1) is 19.0 Å². The predicted octanol–water partition coefficient (Wildman–Crippen LogP) is 1.57. The number of amides is 2. The SMILES string of the molecule is C=CCc1cc(CNC(=O)CNC(=O)[C@@H](N)C(C)C)cc(OC)c1OC.Cl. The molecule has 1 rings (SSSR count). The molecule has 0 aliphatic heterocycles. The van der Waals surface area contributed by atoms with Crippen LogP contribution in [0.25, 0.3) is 0 Å². The molecule has 1 aromatic carbocycles. The van der Waals surface area contributed by atoms with Crippen LogP contribution in [0.15, 0.2) is 24.8 Å². The summed E-state index contributed by atoms with van der Waals surface area (Å²) in [4.78, 5) is 23.7. The maximum Gasteiger partial charge on any atom is 0.239 e. The van der Waals surface area contributed by atoms with Crippen molar-refractivity contribution in [2.75, 3.05) is 20.8 Å². The smallest absolute Gasteiger partial charge is 0.239 e. The van der Waals surface area contributed by atoms with E-state index in [4.69, 9.17) is 15.2 Å². The van der Waals surface area contributed by atoms with E-state index in [-0.39, 0.29) is 36.7 Å². The normalized spacial score (nSPS) is 11.2. The third kappa shape index (κ3) is 7.48. The molecule has 0 bridgehead atoms. The number of carbonyl (C=O) groups is 2. The highest BCUT2D eigenvalue weighted by Crippen LogP contribution is 2.33. The van der Waals surface area contributed by atoms with Crippen molar-refractivity contribution in [2.45, 2.75) is 32.9 Å². The molecule has 0 radical (unpaired) electrons. The Kier molecular flexibility index (Phi) is 11.2. The lowest BCUT2D eigenvalue weighted by Gasteiger charge is -2.16. The van der Waals surface area contributed by atoms with Gasteiger partial charge in [-0.25, -0.2) is 0 Å². The van der Waals surface area contributed by atoms with E-state index in [1.165, 1.54) is 0 Å². The van der Waals surface area contributed by atoms with Gasteiger partial charge in [0, 0.05) is 12.1 Å². The number of rotatable bonds is 10. The Balaban J connectivity index is 0.00000676. The zero-order chi connectivity index (χ0) is 19.7. The van der Waals surface area contributed by atoms with Gasteiger partial charge in [0.05, 0.1) is 26.8 Å². The minimum Gasteiger partial charge on any atom is -0.493 e. The molecule has 0 fully saturated rings. The van der Waals surface area contributed by atoms with Crippen molar-refractivity contribution < 1.29 is 19.1 Å². The summed E-state index contributed by atoms with van der Waals surface area (Å²) < 4.78 is 10.7. The van der Waals surface area contributed by atoms with Gasteiger partial charge in [0.15, 0.2) is 11.5 Å². The maximum atomic E-state index is 12.0. The zero-order valence-electron chi connectivity index (χ0n) is 16.3. The molecule has 0 unspecified atom stereocenters. The highest BCUT2D eigenvalue weighted by molar-refractivity contribution is 5.87. The molecule has 1 aromatic rings. The number of benzene rings is 1. The third-order valence-corrected chi connectivity index (χ3v) is 3.91. The van der Waals surface area contributed by atoms with Crippen LogP contribution in [0.2, 0.25) is 0 Å². The van der Waals surface area contributed by atoms with Crippen LogP contribution in [-0.4, -0.2) is 38.6 Å². The lowest BCUT2D eigenvalue weighted by Crippen LogP contribution is -2.47. The van der Waals surface area contributed by atoms with Crippen LogP contribution in [0.5, 0.6) is 11.5 Å². The molecular formula is C19H30ClN3O4. The van der Waals surface area contributed by atoms with Gasteiger partial charge in [0.25, 0.3) is 0 Å². The summed E-state index contributed by atoms with van der Waals surface area (Å²) >= 11 is 0. The average Bonchev–Trinajstić information content (AvgIpc) is 2.63. The molecule has 27 heavy (non-hydrogen) atoms. The topological polar surface area (TPSA) is 103 Å². The number of hydrogen-bond donors (Lipinski definition) is 3. The first kappa shape index (κ1) is 24.8. The Hall–Kier alpha value is -2.25. The first-order chi connectivity index (χ1) is 12.3. The molecule has 0 aliphatic carbocycles. The van der Waals surface area contributed by atoms with Crippen molar-refractivity contribution >= 4 is 24.2 Å². The average molecular weight is 400 g/mol. The van der Waals surface area contributed by atoms with E-state index in [2.05, 4.69) is 17.2 Å². The molecule has 8 heteroatoms. The maximum absolute atomic E-state index is 12.0. The monoisotopic (exact) mass is 399 g/mol. The van der Waals surface area contributed by atoms with Crippen LogP contribution in [-0.2, 0) is 22.6 Å². The van der Waals surface area contributed by atoms with E-state index >= 15 is 0 Å². The lowest BCUT2D eigenvalue weighted by atomic mass is 10.1. The van der Waals surface area contributed by atoms with E-state index in [0.29, 0.717) is 24.5 Å². The molecule has 0 spiro atoms. The second kappa shape index (κ2) is 12.2. The molecule has 0 heterocycles. The van der Waals surface area contributed by atoms with Crippen LogP contribution in [0.4, 0.5) is 0 Å². The fraction of sp³-hybridized carbons (Fsp3) is 0.474. The van der Waals surface area contributed by atoms with Crippen molar-refractivity contribution in [1.82, 2.24) is 10.6 Å². The van der Waals surface area contributed by atoms with Gasteiger partial charge >= 0.3 is 0 Å². The number of methoxy groups -OCH3 is 2. The number of halogens is 1. The largest absolute Gasteiger partial charge is 0.493 e. The predicted molar refractivity (Wildman–Crippen MR) is 108 cm³/mol. The van der Waals surface area contributed by atoms with Crippen LogP contribution in [0.3, 0.4) is 0 Å². The minimum atomic E-state index is -0.630. The number of carbonyl (C=O) groups excluding carboxylic acids is 2. The molecule has 0 aliphatic rings. The second-order valence-electron chi connectivity index (χ2n) is 6.25. The minimum absolute atomic E-state index is 0. The van der Waals surface area contributed by atoms with Gasteiger partial charge in [-0.1, -0.05) is 19.9 Å². The second-order valence-corrected chi connectivity index (χ2v) is 6.25. The van der Waals surface area contributed by atoms with E-state index in [1.807, 2.05) is 19.9 Å².